The zero-order chi connectivity index (χ0) is 14.8. The fraction of sp³-hybridized carbons (Fsp3) is 0.923. The summed E-state index contributed by atoms with van der Waals surface area (Å²) in [5.74, 6) is 1.22. The summed E-state index contributed by atoms with van der Waals surface area (Å²) in [5, 5.41) is 6.37. The largest absolute Gasteiger partial charge is 0.385 e. The SMILES string of the molecule is CCNC(=NCCCCCOC)NC1CCS(=O)(=O)C1.I. The van der Waals surface area contributed by atoms with Crippen LogP contribution in [0, 0.1) is 0 Å². The Labute approximate surface area is 145 Å². The Balaban J connectivity index is 0.00000400. The van der Waals surface area contributed by atoms with Crippen molar-refractivity contribution in [2.24, 2.45) is 4.99 Å². The highest BCUT2D eigenvalue weighted by molar-refractivity contribution is 14.0. The number of nitrogens with one attached hydrogen (secondary N) is 2. The summed E-state index contributed by atoms with van der Waals surface area (Å²) in [6.45, 7) is 4.32. The van der Waals surface area contributed by atoms with Crippen LogP contribution in [0.1, 0.15) is 32.6 Å². The van der Waals surface area contributed by atoms with E-state index in [0.29, 0.717) is 6.42 Å². The third-order valence-corrected chi connectivity index (χ3v) is 4.96. The van der Waals surface area contributed by atoms with Gasteiger partial charge in [0, 0.05) is 32.8 Å². The average molecular weight is 433 g/mol. The van der Waals surface area contributed by atoms with E-state index in [9.17, 15) is 8.42 Å². The molecule has 0 aromatic heterocycles. The molecular weight excluding hydrogens is 405 g/mol. The second kappa shape index (κ2) is 11.5. The van der Waals surface area contributed by atoms with E-state index in [4.69, 9.17) is 4.74 Å². The van der Waals surface area contributed by atoms with Crippen LogP contribution in [0.15, 0.2) is 4.99 Å². The average Bonchev–Trinajstić information content (AvgIpc) is 2.73. The lowest BCUT2D eigenvalue weighted by atomic mass is 10.2. The van der Waals surface area contributed by atoms with Crippen LogP contribution in [0.5, 0.6) is 0 Å². The summed E-state index contributed by atoms with van der Waals surface area (Å²) in [7, 11) is -1.14. The van der Waals surface area contributed by atoms with Gasteiger partial charge in [0.05, 0.1) is 11.5 Å². The Bertz CT molecular complexity index is 401. The molecule has 1 atom stereocenters. The van der Waals surface area contributed by atoms with Gasteiger partial charge >= 0.3 is 0 Å². The Kier molecular flexibility index (Phi) is 11.4. The van der Waals surface area contributed by atoms with Gasteiger partial charge in [-0.2, -0.15) is 0 Å². The zero-order valence-corrected chi connectivity index (χ0v) is 16.1. The fourth-order valence-electron chi connectivity index (χ4n) is 2.15. The molecule has 0 spiro atoms. The first kappa shape index (κ1) is 20.9. The molecular formula is C13H28IN3O3S. The lowest BCUT2D eigenvalue weighted by Gasteiger charge is -2.15. The molecule has 8 heteroatoms. The van der Waals surface area contributed by atoms with E-state index in [1.807, 2.05) is 6.92 Å². The van der Waals surface area contributed by atoms with Crippen LogP contribution < -0.4 is 10.6 Å². The second-order valence-corrected chi connectivity index (χ2v) is 7.29. The van der Waals surface area contributed by atoms with E-state index < -0.39 is 9.84 Å². The van der Waals surface area contributed by atoms with Gasteiger partial charge in [-0.15, -0.1) is 24.0 Å². The third kappa shape index (κ3) is 9.51. The van der Waals surface area contributed by atoms with E-state index in [1.54, 1.807) is 7.11 Å². The quantitative estimate of drug-likeness (QED) is 0.260. The predicted octanol–water partition coefficient (Wildman–Crippen LogP) is 1.16. The molecule has 1 unspecified atom stereocenters. The van der Waals surface area contributed by atoms with Gasteiger partial charge in [0.15, 0.2) is 15.8 Å². The maximum absolute atomic E-state index is 11.4. The topological polar surface area (TPSA) is 79.8 Å². The molecule has 0 aliphatic carbocycles. The molecule has 0 amide bonds. The molecule has 0 bridgehead atoms. The summed E-state index contributed by atoms with van der Waals surface area (Å²) < 4.78 is 27.9. The maximum Gasteiger partial charge on any atom is 0.191 e. The number of methoxy groups -OCH3 is 1. The first-order valence-corrected chi connectivity index (χ1v) is 9.13. The number of unbranched alkanes of at least 4 members (excludes halogenated alkanes) is 2. The summed E-state index contributed by atoms with van der Waals surface area (Å²) in [4.78, 5) is 4.48. The van der Waals surface area contributed by atoms with E-state index in [1.165, 1.54) is 0 Å². The lowest BCUT2D eigenvalue weighted by Crippen LogP contribution is -2.44. The Morgan fingerprint density at radius 2 is 2.10 bits per heavy atom. The molecule has 1 heterocycles. The lowest BCUT2D eigenvalue weighted by molar-refractivity contribution is 0.192. The summed E-state index contributed by atoms with van der Waals surface area (Å²) >= 11 is 0. The summed E-state index contributed by atoms with van der Waals surface area (Å²) in [6, 6.07) is -0.00806. The van der Waals surface area contributed by atoms with Crippen molar-refractivity contribution in [2.45, 2.75) is 38.6 Å². The number of guanidine groups is 1. The molecule has 2 N–H and O–H groups in total. The minimum absolute atomic E-state index is 0. The van der Waals surface area contributed by atoms with E-state index in [2.05, 4.69) is 15.6 Å². The highest BCUT2D eigenvalue weighted by atomic mass is 127. The van der Waals surface area contributed by atoms with Crippen molar-refractivity contribution in [3.05, 3.63) is 0 Å². The molecule has 6 nitrogen and oxygen atoms in total. The van der Waals surface area contributed by atoms with E-state index in [0.717, 1.165) is 44.9 Å². The van der Waals surface area contributed by atoms with Gasteiger partial charge < -0.3 is 15.4 Å². The predicted molar refractivity (Wildman–Crippen MR) is 97.3 cm³/mol. The van der Waals surface area contributed by atoms with Crippen molar-refractivity contribution >= 4 is 39.8 Å². The molecule has 1 saturated heterocycles. The molecule has 21 heavy (non-hydrogen) atoms. The van der Waals surface area contributed by atoms with Crippen molar-refractivity contribution in [3.63, 3.8) is 0 Å². The molecule has 0 aromatic rings. The van der Waals surface area contributed by atoms with Crippen LogP contribution in [0.25, 0.3) is 0 Å². The van der Waals surface area contributed by atoms with Crippen molar-refractivity contribution < 1.29 is 13.2 Å². The third-order valence-electron chi connectivity index (χ3n) is 3.19. The highest BCUT2D eigenvalue weighted by Gasteiger charge is 2.28. The fourth-order valence-corrected chi connectivity index (χ4v) is 3.82. The number of sulfone groups is 1. The second-order valence-electron chi connectivity index (χ2n) is 5.06. The van der Waals surface area contributed by atoms with Crippen LogP contribution in [-0.4, -0.2) is 58.7 Å². The van der Waals surface area contributed by atoms with Crippen LogP contribution in [0.3, 0.4) is 0 Å². The Morgan fingerprint density at radius 1 is 1.33 bits per heavy atom. The number of rotatable bonds is 8. The zero-order valence-electron chi connectivity index (χ0n) is 12.9. The molecule has 1 aliphatic heterocycles. The first-order valence-electron chi connectivity index (χ1n) is 7.31. The number of nitrogens with zero attached hydrogens (tertiary/aromatic N) is 1. The Hall–Kier alpha value is -0.0900. The van der Waals surface area contributed by atoms with Crippen molar-refractivity contribution in [1.29, 1.82) is 0 Å². The van der Waals surface area contributed by atoms with Gasteiger partial charge in [0.25, 0.3) is 0 Å². The standard InChI is InChI=1S/C13H27N3O3S.HI/c1-3-14-13(15-8-5-4-6-9-19-2)16-12-7-10-20(17,18)11-12;/h12H,3-11H2,1-2H3,(H2,14,15,16);1H. The van der Waals surface area contributed by atoms with Gasteiger partial charge in [-0.1, -0.05) is 0 Å². The van der Waals surface area contributed by atoms with Crippen molar-refractivity contribution in [1.82, 2.24) is 10.6 Å². The minimum Gasteiger partial charge on any atom is -0.385 e. The molecule has 0 aromatic carbocycles. The van der Waals surface area contributed by atoms with Crippen molar-refractivity contribution in [3.8, 4) is 0 Å². The number of hydrogen-bond acceptors (Lipinski definition) is 4. The van der Waals surface area contributed by atoms with Crippen molar-refractivity contribution in [2.75, 3.05) is 38.3 Å². The number of ether oxygens (including phenoxy) is 1. The molecule has 1 fully saturated rings. The van der Waals surface area contributed by atoms with Gasteiger partial charge in [-0.3, -0.25) is 4.99 Å². The maximum atomic E-state index is 11.4. The monoisotopic (exact) mass is 433 g/mol. The minimum atomic E-state index is -2.85. The van der Waals surface area contributed by atoms with Crippen LogP contribution in [-0.2, 0) is 14.6 Å². The molecule has 1 rings (SSSR count). The normalized spacial score (nSPS) is 20.9. The highest BCUT2D eigenvalue weighted by Crippen LogP contribution is 2.10. The smallest absolute Gasteiger partial charge is 0.191 e. The first-order chi connectivity index (χ1) is 9.57. The summed E-state index contributed by atoms with van der Waals surface area (Å²) in [6.07, 6.45) is 3.83. The Morgan fingerprint density at radius 3 is 2.67 bits per heavy atom. The van der Waals surface area contributed by atoms with E-state index in [-0.39, 0.29) is 41.5 Å². The molecule has 126 valence electrons. The van der Waals surface area contributed by atoms with Crippen LogP contribution in [0.4, 0.5) is 0 Å². The number of halogens is 1. The molecule has 0 radical (unpaired) electrons. The number of hydrogen-bond donors (Lipinski definition) is 2. The van der Waals surface area contributed by atoms with Gasteiger partial charge in [0.2, 0.25) is 0 Å². The molecule has 0 saturated carbocycles. The van der Waals surface area contributed by atoms with Crippen LogP contribution >= 0.6 is 24.0 Å². The molecule has 1 aliphatic rings. The summed E-state index contributed by atoms with van der Waals surface area (Å²) in [5.41, 5.74) is 0. The van der Waals surface area contributed by atoms with Gasteiger partial charge in [0.1, 0.15) is 0 Å². The number of aliphatic imine (C=N–C) groups is 1. The van der Waals surface area contributed by atoms with Gasteiger partial charge in [-0.25, -0.2) is 8.42 Å². The van der Waals surface area contributed by atoms with Gasteiger partial charge in [-0.05, 0) is 32.6 Å². The van der Waals surface area contributed by atoms with E-state index >= 15 is 0 Å². The van der Waals surface area contributed by atoms with Crippen LogP contribution in [0.2, 0.25) is 0 Å².